The standard InChI is InChI=1S/C13H10Cl2O/c1-8-4-10(6-11(16)5-8)9-2-3-12(14)13(15)7-9/h2-7,16H,1H3. The average molecular weight is 253 g/mol. The van der Waals surface area contributed by atoms with E-state index < -0.39 is 0 Å². The minimum atomic E-state index is 0.251. The third-order valence-corrected chi connectivity index (χ3v) is 3.05. The molecule has 0 aliphatic carbocycles. The van der Waals surface area contributed by atoms with E-state index in [4.69, 9.17) is 23.2 Å². The maximum Gasteiger partial charge on any atom is 0.116 e. The molecule has 0 bridgehead atoms. The Morgan fingerprint density at radius 3 is 2.25 bits per heavy atom. The normalized spacial score (nSPS) is 10.4. The van der Waals surface area contributed by atoms with E-state index in [0.29, 0.717) is 10.0 Å². The van der Waals surface area contributed by atoms with Gasteiger partial charge in [-0.05, 0) is 47.9 Å². The Kier molecular flexibility index (Phi) is 3.08. The van der Waals surface area contributed by atoms with Crippen LogP contribution in [0.1, 0.15) is 5.56 Å². The van der Waals surface area contributed by atoms with Crippen LogP contribution in [0.2, 0.25) is 10.0 Å². The van der Waals surface area contributed by atoms with Crippen LogP contribution in [0.15, 0.2) is 36.4 Å². The summed E-state index contributed by atoms with van der Waals surface area (Å²) in [5.74, 6) is 0.251. The number of benzene rings is 2. The zero-order chi connectivity index (χ0) is 11.7. The number of phenols is 1. The molecule has 2 aromatic rings. The van der Waals surface area contributed by atoms with Crippen molar-refractivity contribution in [3.05, 3.63) is 52.0 Å². The van der Waals surface area contributed by atoms with Crippen molar-refractivity contribution in [3.8, 4) is 16.9 Å². The second kappa shape index (κ2) is 4.36. The molecule has 0 fully saturated rings. The number of rotatable bonds is 1. The van der Waals surface area contributed by atoms with Crippen molar-refractivity contribution < 1.29 is 5.11 Å². The van der Waals surface area contributed by atoms with E-state index in [1.165, 1.54) is 0 Å². The highest BCUT2D eigenvalue weighted by Gasteiger charge is 2.03. The molecule has 16 heavy (non-hydrogen) atoms. The molecule has 0 heterocycles. The lowest BCUT2D eigenvalue weighted by Gasteiger charge is -2.05. The Balaban J connectivity index is 2.54. The first-order valence-electron chi connectivity index (χ1n) is 4.82. The lowest BCUT2D eigenvalue weighted by molar-refractivity contribution is 0.475. The molecule has 0 aromatic heterocycles. The van der Waals surface area contributed by atoms with Gasteiger partial charge in [-0.2, -0.15) is 0 Å². The highest BCUT2D eigenvalue weighted by molar-refractivity contribution is 6.42. The van der Waals surface area contributed by atoms with Gasteiger partial charge < -0.3 is 5.11 Å². The number of aryl methyl sites for hydroxylation is 1. The van der Waals surface area contributed by atoms with Crippen molar-refractivity contribution in [1.29, 1.82) is 0 Å². The van der Waals surface area contributed by atoms with Crippen LogP contribution in [-0.4, -0.2) is 5.11 Å². The molecule has 2 aromatic carbocycles. The SMILES string of the molecule is Cc1cc(O)cc(-c2ccc(Cl)c(Cl)c2)c1. The number of halogens is 2. The molecule has 3 heteroatoms. The molecular weight excluding hydrogens is 243 g/mol. The fourth-order valence-electron chi connectivity index (χ4n) is 1.61. The van der Waals surface area contributed by atoms with Crippen LogP contribution < -0.4 is 0 Å². The van der Waals surface area contributed by atoms with E-state index in [9.17, 15) is 5.11 Å². The van der Waals surface area contributed by atoms with Crippen molar-refractivity contribution in [2.75, 3.05) is 0 Å². The lowest BCUT2D eigenvalue weighted by atomic mass is 10.0. The number of hydrogen-bond donors (Lipinski definition) is 1. The minimum Gasteiger partial charge on any atom is -0.508 e. The fraction of sp³-hybridized carbons (Fsp3) is 0.0769. The Bertz CT molecular complexity index is 515. The van der Waals surface area contributed by atoms with Crippen LogP contribution >= 0.6 is 23.2 Å². The molecule has 1 N–H and O–H groups in total. The van der Waals surface area contributed by atoms with Crippen LogP contribution in [0.3, 0.4) is 0 Å². The van der Waals surface area contributed by atoms with Gasteiger partial charge in [0.05, 0.1) is 10.0 Å². The molecule has 0 atom stereocenters. The van der Waals surface area contributed by atoms with Gasteiger partial charge in [0.25, 0.3) is 0 Å². The van der Waals surface area contributed by atoms with Crippen molar-refractivity contribution in [2.24, 2.45) is 0 Å². The topological polar surface area (TPSA) is 20.2 Å². The number of hydrogen-bond acceptors (Lipinski definition) is 1. The summed E-state index contributed by atoms with van der Waals surface area (Å²) in [5, 5.41) is 10.6. The largest absolute Gasteiger partial charge is 0.508 e. The molecule has 2 rings (SSSR count). The quantitative estimate of drug-likeness (QED) is 0.782. The molecule has 0 spiro atoms. The van der Waals surface area contributed by atoms with Crippen molar-refractivity contribution in [3.63, 3.8) is 0 Å². The highest BCUT2D eigenvalue weighted by atomic mass is 35.5. The van der Waals surface area contributed by atoms with Gasteiger partial charge in [-0.3, -0.25) is 0 Å². The van der Waals surface area contributed by atoms with Gasteiger partial charge in [0.15, 0.2) is 0 Å². The predicted octanol–water partition coefficient (Wildman–Crippen LogP) is 4.67. The molecule has 1 nitrogen and oxygen atoms in total. The smallest absolute Gasteiger partial charge is 0.116 e. The summed E-state index contributed by atoms with van der Waals surface area (Å²) in [4.78, 5) is 0. The zero-order valence-corrected chi connectivity index (χ0v) is 10.2. The lowest BCUT2D eigenvalue weighted by Crippen LogP contribution is -1.81. The Hall–Kier alpha value is -1.18. The molecule has 0 amide bonds. The molecular formula is C13H10Cl2O. The predicted molar refractivity (Wildman–Crippen MR) is 68.3 cm³/mol. The summed E-state index contributed by atoms with van der Waals surface area (Å²) in [5.41, 5.74) is 2.87. The van der Waals surface area contributed by atoms with E-state index in [1.807, 2.05) is 19.1 Å². The Labute approximate surface area is 104 Å². The van der Waals surface area contributed by atoms with Crippen LogP contribution in [0.25, 0.3) is 11.1 Å². The first-order chi connectivity index (χ1) is 7.56. The maximum absolute atomic E-state index is 9.52. The van der Waals surface area contributed by atoms with Gasteiger partial charge in [-0.25, -0.2) is 0 Å². The fourth-order valence-corrected chi connectivity index (χ4v) is 1.90. The summed E-state index contributed by atoms with van der Waals surface area (Å²) in [6.45, 7) is 1.93. The van der Waals surface area contributed by atoms with E-state index >= 15 is 0 Å². The first-order valence-corrected chi connectivity index (χ1v) is 5.58. The van der Waals surface area contributed by atoms with E-state index in [-0.39, 0.29) is 5.75 Å². The van der Waals surface area contributed by atoms with Crippen LogP contribution in [0.4, 0.5) is 0 Å². The molecule has 0 aliphatic rings. The minimum absolute atomic E-state index is 0.251. The maximum atomic E-state index is 9.52. The highest BCUT2D eigenvalue weighted by Crippen LogP contribution is 2.30. The third-order valence-electron chi connectivity index (χ3n) is 2.32. The molecule has 0 radical (unpaired) electrons. The monoisotopic (exact) mass is 252 g/mol. The summed E-state index contributed by atoms with van der Waals surface area (Å²) in [6, 6.07) is 10.8. The third kappa shape index (κ3) is 2.31. The van der Waals surface area contributed by atoms with Crippen molar-refractivity contribution >= 4 is 23.2 Å². The summed E-state index contributed by atoms with van der Waals surface area (Å²) >= 11 is 11.8. The van der Waals surface area contributed by atoms with Gasteiger partial charge in [0, 0.05) is 0 Å². The second-order valence-electron chi connectivity index (χ2n) is 3.69. The molecule has 0 unspecified atom stereocenters. The molecule has 82 valence electrons. The Morgan fingerprint density at radius 1 is 0.875 bits per heavy atom. The van der Waals surface area contributed by atoms with Crippen LogP contribution in [0, 0.1) is 6.92 Å². The van der Waals surface area contributed by atoms with E-state index in [0.717, 1.165) is 16.7 Å². The van der Waals surface area contributed by atoms with Gasteiger partial charge in [-0.15, -0.1) is 0 Å². The molecule has 0 aliphatic heterocycles. The van der Waals surface area contributed by atoms with Crippen LogP contribution in [-0.2, 0) is 0 Å². The van der Waals surface area contributed by atoms with Crippen molar-refractivity contribution in [1.82, 2.24) is 0 Å². The number of aromatic hydroxyl groups is 1. The van der Waals surface area contributed by atoms with Gasteiger partial charge in [-0.1, -0.05) is 35.3 Å². The van der Waals surface area contributed by atoms with Gasteiger partial charge in [0.1, 0.15) is 5.75 Å². The second-order valence-corrected chi connectivity index (χ2v) is 4.50. The van der Waals surface area contributed by atoms with Gasteiger partial charge >= 0.3 is 0 Å². The summed E-state index contributed by atoms with van der Waals surface area (Å²) in [6.07, 6.45) is 0. The summed E-state index contributed by atoms with van der Waals surface area (Å²) < 4.78 is 0. The van der Waals surface area contributed by atoms with E-state index in [2.05, 4.69) is 0 Å². The zero-order valence-electron chi connectivity index (χ0n) is 8.67. The van der Waals surface area contributed by atoms with Gasteiger partial charge in [0.2, 0.25) is 0 Å². The number of phenolic OH excluding ortho intramolecular Hbond substituents is 1. The van der Waals surface area contributed by atoms with Crippen LogP contribution in [0.5, 0.6) is 5.75 Å². The summed E-state index contributed by atoms with van der Waals surface area (Å²) in [7, 11) is 0. The molecule has 0 saturated heterocycles. The Morgan fingerprint density at radius 2 is 1.62 bits per heavy atom. The molecule has 0 saturated carbocycles. The van der Waals surface area contributed by atoms with E-state index in [1.54, 1.807) is 24.3 Å². The van der Waals surface area contributed by atoms with Crippen molar-refractivity contribution in [2.45, 2.75) is 6.92 Å². The average Bonchev–Trinajstić information content (AvgIpc) is 2.20. The first kappa shape index (κ1) is 11.3.